The molecule has 1 aromatic carbocycles. The lowest BCUT2D eigenvalue weighted by atomic mass is 9.91. The van der Waals surface area contributed by atoms with Gasteiger partial charge in [-0.15, -0.1) is 0 Å². The third kappa shape index (κ3) is 2.99. The zero-order chi connectivity index (χ0) is 12.3. The van der Waals surface area contributed by atoms with Gasteiger partial charge in [0.2, 0.25) is 0 Å². The van der Waals surface area contributed by atoms with Crippen molar-refractivity contribution in [2.75, 3.05) is 13.2 Å². The van der Waals surface area contributed by atoms with Crippen LogP contribution in [0.4, 0.5) is 0 Å². The maximum absolute atomic E-state index is 10.3. The summed E-state index contributed by atoms with van der Waals surface area (Å²) in [5.41, 5.74) is 5.55. The van der Waals surface area contributed by atoms with Gasteiger partial charge in [0.05, 0.1) is 6.61 Å². The molecule has 94 valence electrons. The van der Waals surface area contributed by atoms with Crippen LogP contribution in [0.2, 0.25) is 0 Å². The van der Waals surface area contributed by atoms with Crippen molar-refractivity contribution in [1.29, 1.82) is 0 Å². The van der Waals surface area contributed by atoms with E-state index < -0.39 is 5.60 Å². The highest BCUT2D eigenvalue weighted by Gasteiger charge is 2.26. The predicted molar refractivity (Wildman–Crippen MR) is 67.9 cm³/mol. The smallest absolute Gasteiger partial charge is 0.119 e. The Balaban J connectivity index is 2.08. The number of ether oxygens (including phenoxy) is 1. The lowest BCUT2D eigenvalue weighted by molar-refractivity contribution is 0.0416. The van der Waals surface area contributed by atoms with E-state index in [1.807, 2.05) is 31.2 Å². The Hall–Kier alpha value is -1.06. The molecule has 2 rings (SSSR count). The molecule has 0 bridgehead atoms. The summed E-state index contributed by atoms with van der Waals surface area (Å²) >= 11 is 0. The minimum absolute atomic E-state index is 0.232. The standard InChI is InChI=1S/C14H21NO2/c1-2-14(16,10-15)12-4-3-5-13(8-12)17-9-11-6-7-11/h3-5,8,11,16H,2,6-7,9-10,15H2,1H3/t14-/m1/s1. The molecule has 3 heteroatoms. The van der Waals surface area contributed by atoms with Gasteiger partial charge in [0.25, 0.3) is 0 Å². The van der Waals surface area contributed by atoms with Crippen LogP contribution in [-0.4, -0.2) is 18.3 Å². The van der Waals surface area contributed by atoms with E-state index in [9.17, 15) is 5.11 Å². The van der Waals surface area contributed by atoms with E-state index in [1.54, 1.807) is 0 Å². The SMILES string of the molecule is CC[C@@](O)(CN)c1cccc(OCC2CC2)c1. The van der Waals surface area contributed by atoms with E-state index in [4.69, 9.17) is 10.5 Å². The topological polar surface area (TPSA) is 55.5 Å². The minimum atomic E-state index is -0.932. The zero-order valence-electron chi connectivity index (χ0n) is 10.4. The molecule has 0 saturated heterocycles. The van der Waals surface area contributed by atoms with Crippen molar-refractivity contribution >= 4 is 0 Å². The summed E-state index contributed by atoms with van der Waals surface area (Å²) in [7, 11) is 0. The molecule has 1 aliphatic rings. The fourth-order valence-electron chi connectivity index (χ4n) is 1.84. The van der Waals surface area contributed by atoms with Crippen molar-refractivity contribution in [2.24, 2.45) is 11.7 Å². The second-order valence-electron chi connectivity index (χ2n) is 4.87. The van der Waals surface area contributed by atoms with Crippen molar-refractivity contribution in [3.8, 4) is 5.75 Å². The van der Waals surface area contributed by atoms with Gasteiger partial charge in [-0.3, -0.25) is 0 Å². The molecule has 1 atom stereocenters. The van der Waals surface area contributed by atoms with Crippen LogP contribution in [0.1, 0.15) is 31.7 Å². The first kappa shape index (κ1) is 12.4. The van der Waals surface area contributed by atoms with Crippen molar-refractivity contribution in [3.05, 3.63) is 29.8 Å². The second kappa shape index (κ2) is 5.07. The summed E-state index contributed by atoms with van der Waals surface area (Å²) in [4.78, 5) is 0. The number of aliphatic hydroxyl groups is 1. The molecule has 17 heavy (non-hydrogen) atoms. The summed E-state index contributed by atoms with van der Waals surface area (Å²) in [5.74, 6) is 1.56. The van der Waals surface area contributed by atoms with Gasteiger partial charge in [0.1, 0.15) is 11.4 Å². The largest absolute Gasteiger partial charge is 0.493 e. The molecule has 0 spiro atoms. The lowest BCUT2D eigenvalue weighted by Crippen LogP contribution is -2.34. The summed E-state index contributed by atoms with van der Waals surface area (Å²) in [6.45, 7) is 2.96. The lowest BCUT2D eigenvalue weighted by Gasteiger charge is -2.25. The predicted octanol–water partition coefficient (Wildman–Crippen LogP) is 2.03. The Kier molecular flexibility index (Phi) is 3.69. The quantitative estimate of drug-likeness (QED) is 0.793. The molecule has 1 fully saturated rings. The van der Waals surface area contributed by atoms with E-state index in [0.29, 0.717) is 6.42 Å². The van der Waals surface area contributed by atoms with Gasteiger partial charge in [0.15, 0.2) is 0 Å². The maximum atomic E-state index is 10.3. The average molecular weight is 235 g/mol. The third-order valence-corrected chi connectivity index (χ3v) is 3.48. The first-order valence-corrected chi connectivity index (χ1v) is 6.33. The maximum Gasteiger partial charge on any atom is 0.119 e. The first-order chi connectivity index (χ1) is 8.18. The van der Waals surface area contributed by atoms with Crippen LogP contribution in [0.15, 0.2) is 24.3 Å². The highest BCUT2D eigenvalue weighted by Crippen LogP contribution is 2.31. The van der Waals surface area contributed by atoms with Gasteiger partial charge < -0.3 is 15.6 Å². The number of nitrogens with two attached hydrogens (primary N) is 1. The monoisotopic (exact) mass is 235 g/mol. The summed E-state index contributed by atoms with van der Waals surface area (Å²) in [5, 5.41) is 10.3. The highest BCUT2D eigenvalue weighted by molar-refractivity contribution is 5.32. The Labute approximate surface area is 103 Å². The number of benzene rings is 1. The highest BCUT2D eigenvalue weighted by atomic mass is 16.5. The van der Waals surface area contributed by atoms with Crippen LogP contribution >= 0.6 is 0 Å². The van der Waals surface area contributed by atoms with Crippen molar-refractivity contribution in [3.63, 3.8) is 0 Å². The van der Waals surface area contributed by atoms with Crippen molar-refractivity contribution in [1.82, 2.24) is 0 Å². The molecule has 0 aromatic heterocycles. The van der Waals surface area contributed by atoms with Gasteiger partial charge in [-0.1, -0.05) is 19.1 Å². The fraction of sp³-hybridized carbons (Fsp3) is 0.571. The van der Waals surface area contributed by atoms with Crippen LogP contribution in [0.3, 0.4) is 0 Å². The molecule has 3 nitrogen and oxygen atoms in total. The molecule has 1 aliphatic carbocycles. The Bertz CT molecular complexity index is 370. The molecule has 3 N–H and O–H groups in total. The van der Waals surface area contributed by atoms with Gasteiger partial charge in [-0.2, -0.15) is 0 Å². The Morgan fingerprint density at radius 3 is 2.82 bits per heavy atom. The average Bonchev–Trinajstić information content (AvgIpc) is 3.20. The molecule has 1 saturated carbocycles. The Morgan fingerprint density at radius 2 is 2.24 bits per heavy atom. The van der Waals surface area contributed by atoms with E-state index in [2.05, 4.69) is 0 Å². The number of hydrogen-bond acceptors (Lipinski definition) is 3. The fourth-order valence-corrected chi connectivity index (χ4v) is 1.84. The van der Waals surface area contributed by atoms with E-state index >= 15 is 0 Å². The molecule has 0 radical (unpaired) electrons. The van der Waals surface area contributed by atoms with Crippen molar-refractivity contribution < 1.29 is 9.84 Å². The van der Waals surface area contributed by atoms with Gasteiger partial charge in [-0.05, 0) is 42.9 Å². The van der Waals surface area contributed by atoms with Crippen LogP contribution in [0, 0.1) is 5.92 Å². The second-order valence-corrected chi connectivity index (χ2v) is 4.87. The molecule has 1 aromatic rings. The third-order valence-electron chi connectivity index (χ3n) is 3.48. The number of rotatable bonds is 6. The Morgan fingerprint density at radius 1 is 1.47 bits per heavy atom. The minimum Gasteiger partial charge on any atom is -0.493 e. The molecular formula is C14H21NO2. The molecular weight excluding hydrogens is 214 g/mol. The van der Waals surface area contributed by atoms with Crippen LogP contribution in [0.5, 0.6) is 5.75 Å². The van der Waals surface area contributed by atoms with E-state index in [-0.39, 0.29) is 6.54 Å². The van der Waals surface area contributed by atoms with Gasteiger partial charge in [0, 0.05) is 6.54 Å². The van der Waals surface area contributed by atoms with Crippen LogP contribution in [-0.2, 0) is 5.60 Å². The number of hydrogen-bond donors (Lipinski definition) is 2. The molecule has 0 amide bonds. The summed E-state index contributed by atoms with van der Waals surface area (Å²) in [6.07, 6.45) is 3.17. The van der Waals surface area contributed by atoms with E-state index in [1.165, 1.54) is 12.8 Å². The van der Waals surface area contributed by atoms with Gasteiger partial charge >= 0.3 is 0 Å². The van der Waals surface area contributed by atoms with Crippen LogP contribution in [0.25, 0.3) is 0 Å². The molecule has 0 heterocycles. The first-order valence-electron chi connectivity index (χ1n) is 6.33. The zero-order valence-corrected chi connectivity index (χ0v) is 10.4. The van der Waals surface area contributed by atoms with E-state index in [0.717, 1.165) is 23.8 Å². The summed E-state index contributed by atoms with van der Waals surface area (Å²) < 4.78 is 5.70. The summed E-state index contributed by atoms with van der Waals surface area (Å²) in [6, 6.07) is 7.64. The molecule has 0 aliphatic heterocycles. The van der Waals surface area contributed by atoms with Crippen molar-refractivity contribution in [2.45, 2.75) is 31.8 Å². The van der Waals surface area contributed by atoms with Crippen LogP contribution < -0.4 is 10.5 Å². The van der Waals surface area contributed by atoms with Gasteiger partial charge in [-0.25, -0.2) is 0 Å². The molecule has 0 unspecified atom stereocenters. The normalized spacial score (nSPS) is 18.8.